The van der Waals surface area contributed by atoms with E-state index in [1.54, 1.807) is 0 Å². The molecule has 0 nitrogen and oxygen atoms in total. The van der Waals surface area contributed by atoms with E-state index in [2.05, 4.69) is 38.8 Å². The molecule has 0 aliphatic heterocycles. The minimum Gasteiger partial charge on any atom is -0.0928 e. The summed E-state index contributed by atoms with van der Waals surface area (Å²) in [6.45, 7) is 2.26. The Balaban J connectivity index is 2.86. The highest BCUT2D eigenvalue weighted by Crippen LogP contribution is 2.08. The molecular weight excluding hydrogens is 232 g/mol. The van der Waals surface area contributed by atoms with Gasteiger partial charge in [0.15, 0.2) is 0 Å². The van der Waals surface area contributed by atoms with Gasteiger partial charge in [0.2, 0.25) is 0 Å². The van der Waals surface area contributed by atoms with Crippen molar-refractivity contribution in [3.63, 3.8) is 0 Å². The Labute approximate surface area is 68.3 Å². The van der Waals surface area contributed by atoms with Crippen molar-refractivity contribution in [3.05, 3.63) is 0 Å². The van der Waals surface area contributed by atoms with Crippen molar-refractivity contribution < 1.29 is 0 Å². The first-order valence-electron chi connectivity index (χ1n) is 2.93. The second-order valence-corrected chi connectivity index (χ2v) is 3.53. The molecule has 0 aliphatic rings. The molecule has 0 saturated carbocycles. The SMILES string of the molecule is CC(CBr)CCCBr. The van der Waals surface area contributed by atoms with Crippen LogP contribution in [0.3, 0.4) is 0 Å². The van der Waals surface area contributed by atoms with E-state index in [4.69, 9.17) is 0 Å². The van der Waals surface area contributed by atoms with E-state index >= 15 is 0 Å². The van der Waals surface area contributed by atoms with Gasteiger partial charge in [0, 0.05) is 10.7 Å². The van der Waals surface area contributed by atoms with Crippen LogP contribution in [0.5, 0.6) is 0 Å². The van der Waals surface area contributed by atoms with E-state index in [1.807, 2.05) is 0 Å². The van der Waals surface area contributed by atoms with Gasteiger partial charge in [-0.2, -0.15) is 0 Å². The first-order valence-corrected chi connectivity index (χ1v) is 5.17. The van der Waals surface area contributed by atoms with E-state index in [-0.39, 0.29) is 0 Å². The number of alkyl halides is 2. The van der Waals surface area contributed by atoms with E-state index in [0.29, 0.717) is 0 Å². The molecule has 0 aromatic carbocycles. The van der Waals surface area contributed by atoms with E-state index < -0.39 is 0 Å². The van der Waals surface area contributed by atoms with Gasteiger partial charge in [0.05, 0.1) is 0 Å². The molecule has 0 N–H and O–H groups in total. The summed E-state index contributed by atoms with van der Waals surface area (Å²) >= 11 is 6.82. The summed E-state index contributed by atoms with van der Waals surface area (Å²) in [4.78, 5) is 0. The lowest BCUT2D eigenvalue weighted by atomic mass is 10.1. The molecule has 0 rings (SSSR count). The van der Waals surface area contributed by atoms with Gasteiger partial charge in [-0.15, -0.1) is 0 Å². The minimum atomic E-state index is 0.840. The minimum absolute atomic E-state index is 0.840. The van der Waals surface area contributed by atoms with Gasteiger partial charge < -0.3 is 0 Å². The van der Waals surface area contributed by atoms with Crippen molar-refractivity contribution in [3.8, 4) is 0 Å². The Bertz CT molecular complexity index is 45.8. The summed E-state index contributed by atoms with van der Waals surface area (Å²) in [5.41, 5.74) is 0. The Morgan fingerprint density at radius 2 is 2.00 bits per heavy atom. The molecule has 2 heteroatoms. The van der Waals surface area contributed by atoms with Crippen LogP contribution in [0.15, 0.2) is 0 Å². The fraction of sp³-hybridized carbons (Fsp3) is 1.00. The largest absolute Gasteiger partial charge is 0.0928 e. The molecule has 1 atom stereocenters. The average molecular weight is 244 g/mol. The Morgan fingerprint density at radius 3 is 2.38 bits per heavy atom. The Hall–Kier alpha value is 0.960. The maximum absolute atomic E-state index is 3.43. The molecular formula is C6H12Br2. The molecule has 1 unspecified atom stereocenters. The van der Waals surface area contributed by atoms with Crippen molar-refractivity contribution in [2.45, 2.75) is 19.8 Å². The monoisotopic (exact) mass is 242 g/mol. The molecule has 0 saturated heterocycles. The lowest BCUT2D eigenvalue weighted by Gasteiger charge is -2.02. The van der Waals surface area contributed by atoms with Crippen LogP contribution >= 0.6 is 31.9 Å². The topological polar surface area (TPSA) is 0 Å². The number of hydrogen-bond donors (Lipinski definition) is 0. The highest BCUT2D eigenvalue weighted by atomic mass is 79.9. The lowest BCUT2D eigenvalue weighted by Crippen LogP contribution is -1.94. The number of halogens is 2. The second-order valence-electron chi connectivity index (χ2n) is 2.09. The van der Waals surface area contributed by atoms with E-state index in [0.717, 1.165) is 16.6 Å². The van der Waals surface area contributed by atoms with Crippen LogP contribution in [0.2, 0.25) is 0 Å². The third-order valence-electron chi connectivity index (χ3n) is 1.09. The van der Waals surface area contributed by atoms with Crippen LogP contribution in [0.1, 0.15) is 19.8 Å². The molecule has 0 radical (unpaired) electrons. The first-order chi connectivity index (χ1) is 3.81. The third-order valence-corrected chi connectivity index (χ3v) is 2.76. The van der Waals surface area contributed by atoms with Gasteiger partial charge in [-0.05, 0) is 18.8 Å². The van der Waals surface area contributed by atoms with Crippen LogP contribution in [-0.4, -0.2) is 10.7 Å². The summed E-state index contributed by atoms with van der Waals surface area (Å²) in [5, 5.41) is 2.28. The summed E-state index contributed by atoms with van der Waals surface area (Å²) in [7, 11) is 0. The van der Waals surface area contributed by atoms with Crippen LogP contribution in [0.4, 0.5) is 0 Å². The zero-order chi connectivity index (χ0) is 6.41. The Morgan fingerprint density at radius 1 is 1.38 bits per heavy atom. The molecule has 0 aliphatic carbocycles. The third kappa shape index (κ3) is 5.10. The highest BCUT2D eigenvalue weighted by Gasteiger charge is 1.96. The summed E-state index contributed by atoms with van der Waals surface area (Å²) < 4.78 is 0. The predicted molar refractivity (Wildman–Crippen MR) is 46.0 cm³/mol. The molecule has 8 heavy (non-hydrogen) atoms. The zero-order valence-electron chi connectivity index (χ0n) is 5.16. The molecule has 0 heterocycles. The van der Waals surface area contributed by atoms with Gasteiger partial charge in [0.1, 0.15) is 0 Å². The van der Waals surface area contributed by atoms with E-state index in [1.165, 1.54) is 12.8 Å². The van der Waals surface area contributed by atoms with Crippen molar-refractivity contribution in [2.24, 2.45) is 5.92 Å². The smallest absolute Gasteiger partial charge is 0.00570 e. The van der Waals surface area contributed by atoms with Crippen LogP contribution in [-0.2, 0) is 0 Å². The highest BCUT2D eigenvalue weighted by molar-refractivity contribution is 9.09. The maximum atomic E-state index is 3.43. The fourth-order valence-electron chi connectivity index (χ4n) is 0.503. The summed E-state index contributed by atoms with van der Waals surface area (Å²) in [6, 6.07) is 0. The van der Waals surface area contributed by atoms with Crippen molar-refractivity contribution in [1.29, 1.82) is 0 Å². The molecule has 50 valence electrons. The summed E-state index contributed by atoms with van der Waals surface area (Å²) in [5.74, 6) is 0.840. The van der Waals surface area contributed by atoms with Crippen LogP contribution in [0.25, 0.3) is 0 Å². The van der Waals surface area contributed by atoms with Crippen molar-refractivity contribution >= 4 is 31.9 Å². The Kier molecular flexibility index (Phi) is 6.82. The normalized spacial score (nSPS) is 13.9. The van der Waals surface area contributed by atoms with Crippen molar-refractivity contribution in [1.82, 2.24) is 0 Å². The van der Waals surface area contributed by atoms with Crippen LogP contribution in [0, 0.1) is 5.92 Å². The molecule has 0 aromatic heterocycles. The van der Waals surface area contributed by atoms with Gasteiger partial charge in [-0.1, -0.05) is 38.8 Å². The summed E-state index contributed by atoms with van der Waals surface area (Å²) in [6.07, 6.45) is 2.63. The molecule has 0 fully saturated rings. The molecule has 0 spiro atoms. The number of rotatable bonds is 4. The van der Waals surface area contributed by atoms with Gasteiger partial charge in [0.25, 0.3) is 0 Å². The lowest BCUT2D eigenvalue weighted by molar-refractivity contribution is 0.593. The molecule has 0 bridgehead atoms. The predicted octanol–water partition coefficient (Wildman–Crippen LogP) is 3.19. The first kappa shape index (κ1) is 8.96. The van der Waals surface area contributed by atoms with Crippen LogP contribution < -0.4 is 0 Å². The second kappa shape index (κ2) is 6.09. The van der Waals surface area contributed by atoms with E-state index in [9.17, 15) is 0 Å². The number of hydrogen-bond acceptors (Lipinski definition) is 0. The zero-order valence-corrected chi connectivity index (χ0v) is 8.33. The molecule has 0 aromatic rings. The standard InChI is InChI=1S/C6H12Br2/c1-6(5-8)3-2-4-7/h6H,2-5H2,1H3. The maximum Gasteiger partial charge on any atom is 0.00570 e. The van der Waals surface area contributed by atoms with Crippen molar-refractivity contribution in [2.75, 3.05) is 10.7 Å². The van der Waals surface area contributed by atoms with Gasteiger partial charge >= 0.3 is 0 Å². The molecule has 0 amide bonds. The van der Waals surface area contributed by atoms with Gasteiger partial charge in [-0.3, -0.25) is 0 Å². The van der Waals surface area contributed by atoms with Gasteiger partial charge in [-0.25, -0.2) is 0 Å². The fourth-order valence-corrected chi connectivity index (χ4v) is 1.15. The quantitative estimate of drug-likeness (QED) is 0.666. The average Bonchev–Trinajstić information content (AvgIpc) is 1.83.